The zero-order valence-electron chi connectivity index (χ0n) is 21.4. The van der Waals surface area contributed by atoms with Crippen LogP contribution in [0.4, 0.5) is 0 Å². The summed E-state index contributed by atoms with van der Waals surface area (Å²) in [5.74, 6) is -2.13. The van der Waals surface area contributed by atoms with Crippen molar-refractivity contribution >= 4 is 11.9 Å². The van der Waals surface area contributed by atoms with Gasteiger partial charge < -0.3 is 19.7 Å². The summed E-state index contributed by atoms with van der Waals surface area (Å²) < 4.78 is 11.4. The van der Waals surface area contributed by atoms with Crippen LogP contribution in [0.2, 0.25) is 0 Å². The molecular formula is C28H46O6. The number of benzene rings is 1. The van der Waals surface area contributed by atoms with Crippen molar-refractivity contribution in [3.8, 4) is 11.5 Å². The standard InChI is InChI=1S/C28H46O6/c1-3-5-7-9-11-13-15-17-19-33-25-21-24(28(31)32)26(22-23(25)27(29)30)34-20-18-16-14-12-10-8-6-4-2/h21-22H,3-20H2,1-2H3,(H,29,30)(H,31,32). The predicted molar refractivity (Wildman–Crippen MR) is 137 cm³/mol. The molecule has 0 saturated carbocycles. The van der Waals surface area contributed by atoms with Crippen molar-refractivity contribution < 1.29 is 29.3 Å². The lowest BCUT2D eigenvalue weighted by atomic mass is 10.1. The van der Waals surface area contributed by atoms with E-state index in [4.69, 9.17) is 9.47 Å². The smallest absolute Gasteiger partial charge is 0.339 e. The first-order valence-corrected chi connectivity index (χ1v) is 13.4. The second-order valence-electron chi connectivity index (χ2n) is 9.10. The number of rotatable bonds is 22. The Kier molecular flexibility index (Phi) is 16.7. The molecule has 0 aromatic heterocycles. The molecule has 0 amide bonds. The fourth-order valence-corrected chi connectivity index (χ4v) is 3.97. The van der Waals surface area contributed by atoms with Crippen LogP contribution < -0.4 is 9.47 Å². The molecule has 2 N–H and O–H groups in total. The molecular weight excluding hydrogens is 432 g/mol. The van der Waals surface area contributed by atoms with Gasteiger partial charge in [0.05, 0.1) is 13.2 Å². The topological polar surface area (TPSA) is 93.1 Å². The van der Waals surface area contributed by atoms with Gasteiger partial charge in [-0.25, -0.2) is 9.59 Å². The van der Waals surface area contributed by atoms with E-state index in [-0.39, 0.29) is 22.6 Å². The molecule has 1 aromatic carbocycles. The summed E-state index contributed by atoms with van der Waals surface area (Å²) in [7, 11) is 0. The molecule has 0 atom stereocenters. The molecule has 194 valence electrons. The van der Waals surface area contributed by atoms with E-state index >= 15 is 0 Å². The molecule has 0 fully saturated rings. The quantitative estimate of drug-likeness (QED) is 0.163. The van der Waals surface area contributed by atoms with Gasteiger partial charge in [-0.05, 0) is 25.0 Å². The highest BCUT2D eigenvalue weighted by molar-refractivity contribution is 5.97. The van der Waals surface area contributed by atoms with Gasteiger partial charge in [0.1, 0.15) is 22.6 Å². The van der Waals surface area contributed by atoms with Crippen LogP contribution in [0.3, 0.4) is 0 Å². The summed E-state index contributed by atoms with van der Waals surface area (Å²) in [6.07, 6.45) is 18.4. The maximum Gasteiger partial charge on any atom is 0.339 e. The van der Waals surface area contributed by atoms with E-state index in [2.05, 4.69) is 13.8 Å². The maximum atomic E-state index is 11.8. The molecule has 0 aliphatic heterocycles. The van der Waals surface area contributed by atoms with Crippen LogP contribution in [0.25, 0.3) is 0 Å². The van der Waals surface area contributed by atoms with Crippen molar-refractivity contribution in [2.75, 3.05) is 13.2 Å². The maximum absolute atomic E-state index is 11.8. The average molecular weight is 479 g/mol. The van der Waals surface area contributed by atoms with E-state index in [0.29, 0.717) is 13.2 Å². The second kappa shape index (κ2) is 19.1. The summed E-state index contributed by atoms with van der Waals surface area (Å²) in [4.78, 5) is 23.5. The molecule has 1 rings (SSSR count). The fraction of sp³-hybridized carbons (Fsp3) is 0.714. The molecule has 0 unspecified atom stereocenters. The third kappa shape index (κ3) is 12.9. The van der Waals surface area contributed by atoms with Crippen molar-refractivity contribution in [1.29, 1.82) is 0 Å². The molecule has 6 nitrogen and oxygen atoms in total. The zero-order chi connectivity index (χ0) is 25.0. The van der Waals surface area contributed by atoms with E-state index in [1.165, 1.54) is 76.3 Å². The zero-order valence-corrected chi connectivity index (χ0v) is 21.4. The van der Waals surface area contributed by atoms with Gasteiger partial charge in [-0.1, -0.05) is 104 Å². The molecule has 0 heterocycles. The summed E-state index contributed by atoms with van der Waals surface area (Å²) in [5, 5.41) is 19.2. The van der Waals surface area contributed by atoms with Gasteiger partial charge >= 0.3 is 11.9 Å². The molecule has 0 saturated heterocycles. The van der Waals surface area contributed by atoms with E-state index in [1.807, 2.05) is 0 Å². The molecule has 0 aliphatic rings. The second-order valence-corrected chi connectivity index (χ2v) is 9.10. The van der Waals surface area contributed by atoms with Crippen LogP contribution in [0, 0.1) is 0 Å². The molecule has 6 heteroatoms. The summed E-state index contributed by atoms with van der Waals surface area (Å²) in [5.41, 5.74) is -0.119. The summed E-state index contributed by atoms with van der Waals surface area (Å²) in [6.45, 7) is 5.14. The van der Waals surface area contributed by atoms with Gasteiger partial charge in [-0.15, -0.1) is 0 Å². The van der Waals surface area contributed by atoms with E-state index < -0.39 is 11.9 Å². The van der Waals surface area contributed by atoms with Crippen LogP contribution in [-0.4, -0.2) is 35.4 Å². The van der Waals surface area contributed by atoms with Crippen LogP contribution >= 0.6 is 0 Å². The Balaban J connectivity index is 2.53. The minimum atomic E-state index is -1.15. The molecule has 0 bridgehead atoms. The predicted octanol–water partition coefficient (Wildman–Crippen LogP) is 8.12. The van der Waals surface area contributed by atoms with E-state index in [0.717, 1.165) is 38.5 Å². The van der Waals surface area contributed by atoms with E-state index in [9.17, 15) is 19.8 Å². The lowest BCUT2D eigenvalue weighted by Crippen LogP contribution is -2.10. The lowest BCUT2D eigenvalue weighted by Gasteiger charge is -2.14. The lowest BCUT2D eigenvalue weighted by molar-refractivity contribution is 0.0672. The highest BCUT2D eigenvalue weighted by atomic mass is 16.5. The average Bonchev–Trinajstić information content (AvgIpc) is 2.81. The Morgan fingerprint density at radius 3 is 1.15 bits per heavy atom. The number of carbonyl (C=O) groups is 2. The highest BCUT2D eigenvalue weighted by Gasteiger charge is 2.21. The Morgan fingerprint density at radius 2 is 0.853 bits per heavy atom. The minimum Gasteiger partial charge on any atom is -0.493 e. The fourth-order valence-electron chi connectivity index (χ4n) is 3.97. The van der Waals surface area contributed by atoms with Gasteiger partial charge in [0.2, 0.25) is 0 Å². The Labute approximate surface area is 206 Å². The third-order valence-corrected chi connectivity index (χ3v) is 6.05. The van der Waals surface area contributed by atoms with Crippen molar-refractivity contribution in [3.05, 3.63) is 23.3 Å². The van der Waals surface area contributed by atoms with Crippen molar-refractivity contribution in [3.63, 3.8) is 0 Å². The SMILES string of the molecule is CCCCCCCCCCOc1cc(C(=O)O)c(OCCCCCCCCCC)cc1C(=O)O. The van der Waals surface area contributed by atoms with Crippen molar-refractivity contribution in [2.24, 2.45) is 0 Å². The molecule has 0 radical (unpaired) electrons. The van der Waals surface area contributed by atoms with Crippen LogP contribution in [0.5, 0.6) is 11.5 Å². The van der Waals surface area contributed by atoms with Gasteiger partial charge in [0.15, 0.2) is 0 Å². The van der Waals surface area contributed by atoms with Crippen LogP contribution in [-0.2, 0) is 0 Å². The van der Waals surface area contributed by atoms with Crippen LogP contribution in [0.15, 0.2) is 12.1 Å². The summed E-state index contributed by atoms with van der Waals surface area (Å²) >= 11 is 0. The number of hydrogen-bond acceptors (Lipinski definition) is 4. The van der Waals surface area contributed by atoms with Gasteiger partial charge in [0, 0.05) is 0 Å². The van der Waals surface area contributed by atoms with Crippen LogP contribution in [0.1, 0.15) is 137 Å². The minimum absolute atomic E-state index is 0.0597. The van der Waals surface area contributed by atoms with Gasteiger partial charge in [0.25, 0.3) is 0 Å². The molecule has 0 aliphatic carbocycles. The van der Waals surface area contributed by atoms with Crippen molar-refractivity contribution in [1.82, 2.24) is 0 Å². The first kappa shape index (κ1) is 29.8. The molecule has 34 heavy (non-hydrogen) atoms. The molecule has 0 spiro atoms. The summed E-state index contributed by atoms with van der Waals surface area (Å²) in [6, 6.07) is 2.58. The third-order valence-electron chi connectivity index (χ3n) is 6.05. The highest BCUT2D eigenvalue weighted by Crippen LogP contribution is 2.30. The monoisotopic (exact) mass is 478 g/mol. The number of hydrogen-bond donors (Lipinski definition) is 2. The van der Waals surface area contributed by atoms with Crippen molar-refractivity contribution in [2.45, 2.75) is 117 Å². The number of aromatic carboxylic acids is 2. The normalized spacial score (nSPS) is 10.9. The molecule has 1 aromatic rings. The van der Waals surface area contributed by atoms with Gasteiger partial charge in [-0.2, -0.15) is 0 Å². The Hall–Kier alpha value is -2.24. The number of unbranched alkanes of at least 4 members (excludes halogenated alkanes) is 14. The Bertz CT molecular complexity index is 641. The number of carboxylic acid groups (broad SMARTS) is 2. The van der Waals surface area contributed by atoms with Gasteiger partial charge in [-0.3, -0.25) is 0 Å². The number of carboxylic acids is 2. The first-order valence-electron chi connectivity index (χ1n) is 13.4. The first-order chi connectivity index (χ1) is 16.5. The largest absolute Gasteiger partial charge is 0.493 e. The number of ether oxygens (including phenoxy) is 2. The van der Waals surface area contributed by atoms with E-state index in [1.54, 1.807) is 0 Å². The Morgan fingerprint density at radius 1 is 0.559 bits per heavy atom.